The predicted molar refractivity (Wildman–Crippen MR) is 90.6 cm³/mol. The first-order valence-corrected chi connectivity index (χ1v) is 7.81. The van der Waals surface area contributed by atoms with Crippen molar-refractivity contribution in [3.05, 3.63) is 58.3 Å². The Hall–Kier alpha value is -2.41. The Morgan fingerprint density at radius 2 is 1.92 bits per heavy atom. The number of hydrogen-bond acceptors (Lipinski definition) is 4. The van der Waals surface area contributed by atoms with E-state index in [2.05, 4.69) is 21.2 Å². The number of amides is 1. The van der Waals surface area contributed by atoms with Crippen LogP contribution in [0.2, 0.25) is 0 Å². The standard InChI is InChI=1S/C17H15BrFNO4/c1-10(16(21)20-15-6-4-3-5-14(15)19)24-17(22)12-9-11(23-2)7-8-13(12)18/h3-10H,1-2H3,(H,20,21)/t10-/m1/s1. The fraction of sp³-hybridized carbons (Fsp3) is 0.176. The van der Waals surface area contributed by atoms with E-state index in [1.807, 2.05) is 0 Å². The van der Waals surface area contributed by atoms with Gasteiger partial charge in [0.25, 0.3) is 5.91 Å². The van der Waals surface area contributed by atoms with E-state index in [9.17, 15) is 14.0 Å². The van der Waals surface area contributed by atoms with E-state index in [1.165, 1.54) is 38.3 Å². The highest BCUT2D eigenvalue weighted by Crippen LogP contribution is 2.23. The van der Waals surface area contributed by atoms with E-state index in [-0.39, 0.29) is 11.3 Å². The molecule has 0 radical (unpaired) electrons. The molecule has 0 aromatic heterocycles. The quantitative estimate of drug-likeness (QED) is 0.782. The van der Waals surface area contributed by atoms with Crippen molar-refractivity contribution in [2.45, 2.75) is 13.0 Å². The molecular formula is C17H15BrFNO4. The molecule has 1 amide bonds. The molecule has 2 aromatic rings. The van der Waals surface area contributed by atoms with E-state index < -0.39 is 23.8 Å². The fourth-order valence-corrected chi connectivity index (χ4v) is 2.27. The molecule has 0 saturated carbocycles. The summed E-state index contributed by atoms with van der Waals surface area (Å²) in [5.74, 6) is -1.42. The van der Waals surface area contributed by atoms with Crippen LogP contribution in [0, 0.1) is 5.82 Å². The van der Waals surface area contributed by atoms with Crippen LogP contribution in [0.4, 0.5) is 10.1 Å². The monoisotopic (exact) mass is 395 g/mol. The summed E-state index contributed by atoms with van der Waals surface area (Å²) < 4.78 is 24.2. The van der Waals surface area contributed by atoms with Crippen LogP contribution in [0.25, 0.3) is 0 Å². The number of hydrogen-bond donors (Lipinski definition) is 1. The Kier molecular flexibility index (Phi) is 5.92. The van der Waals surface area contributed by atoms with Crippen molar-refractivity contribution in [1.29, 1.82) is 0 Å². The van der Waals surface area contributed by atoms with Crippen LogP contribution in [-0.2, 0) is 9.53 Å². The highest BCUT2D eigenvalue weighted by Gasteiger charge is 2.21. The Balaban J connectivity index is 2.06. The molecule has 5 nitrogen and oxygen atoms in total. The van der Waals surface area contributed by atoms with Gasteiger partial charge in [-0.2, -0.15) is 0 Å². The molecule has 0 fully saturated rings. The summed E-state index contributed by atoms with van der Waals surface area (Å²) in [4.78, 5) is 24.3. The lowest BCUT2D eigenvalue weighted by atomic mass is 10.2. The topological polar surface area (TPSA) is 64.6 Å². The predicted octanol–water partition coefficient (Wildman–Crippen LogP) is 3.78. The van der Waals surface area contributed by atoms with Gasteiger partial charge in [0.05, 0.1) is 18.4 Å². The number of nitrogens with one attached hydrogen (secondary N) is 1. The van der Waals surface area contributed by atoms with Gasteiger partial charge in [-0.25, -0.2) is 9.18 Å². The number of anilines is 1. The number of carbonyl (C=O) groups is 2. The van der Waals surface area contributed by atoms with Gasteiger partial charge in [-0.15, -0.1) is 0 Å². The zero-order valence-electron chi connectivity index (χ0n) is 13.0. The van der Waals surface area contributed by atoms with Crippen molar-refractivity contribution in [1.82, 2.24) is 0 Å². The lowest BCUT2D eigenvalue weighted by molar-refractivity contribution is -0.123. The van der Waals surface area contributed by atoms with Gasteiger partial charge in [-0.1, -0.05) is 12.1 Å². The van der Waals surface area contributed by atoms with Gasteiger partial charge in [0.15, 0.2) is 6.10 Å². The summed E-state index contributed by atoms with van der Waals surface area (Å²) in [6, 6.07) is 10.5. The number of ether oxygens (including phenoxy) is 2. The van der Waals surface area contributed by atoms with Gasteiger partial charge in [0.1, 0.15) is 11.6 Å². The Bertz CT molecular complexity index is 766. The van der Waals surface area contributed by atoms with E-state index in [0.29, 0.717) is 10.2 Å². The molecule has 0 aliphatic rings. The number of carbonyl (C=O) groups excluding carboxylic acids is 2. The van der Waals surface area contributed by atoms with Crippen molar-refractivity contribution in [3.8, 4) is 5.75 Å². The van der Waals surface area contributed by atoms with Gasteiger partial charge in [0, 0.05) is 4.47 Å². The van der Waals surface area contributed by atoms with Crippen molar-refractivity contribution in [2.75, 3.05) is 12.4 Å². The van der Waals surface area contributed by atoms with E-state index in [1.54, 1.807) is 18.2 Å². The normalized spacial score (nSPS) is 11.5. The molecule has 0 bridgehead atoms. The second-order valence-corrected chi connectivity index (χ2v) is 5.72. The van der Waals surface area contributed by atoms with E-state index >= 15 is 0 Å². The summed E-state index contributed by atoms with van der Waals surface area (Å²) in [5, 5.41) is 2.38. The van der Waals surface area contributed by atoms with Gasteiger partial charge in [0.2, 0.25) is 0 Å². The zero-order chi connectivity index (χ0) is 17.7. The summed E-state index contributed by atoms with van der Waals surface area (Å²) >= 11 is 3.24. The number of rotatable bonds is 5. The van der Waals surface area contributed by atoms with E-state index in [0.717, 1.165) is 0 Å². The number of benzene rings is 2. The van der Waals surface area contributed by atoms with Crippen LogP contribution in [0.1, 0.15) is 17.3 Å². The van der Waals surface area contributed by atoms with Crippen LogP contribution >= 0.6 is 15.9 Å². The van der Waals surface area contributed by atoms with Crippen LogP contribution < -0.4 is 10.1 Å². The largest absolute Gasteiger partial charge is 0.497 e. The summed E-state index contributed by atoms with van der Waals surface area (Å²) in [7, 11) is 1.48. The van der Waals surface area contributed by atoms with Gasteiger partial charge in [-0.05, 0) is 53.2 Å². The Morgan fingerprint density at radius 3 is 2.58 bits per heavy atom. The second-order valence-electron chi connectivity index (χ2n) is 4.86. The third-order valence-corrected chi connectivity index (χ3v) is 3.87. The van der Waals surface area contributed by atoms with Gasteiger partial charge in [-0.3, -0.25) is 4.79 Å². The molecule has 0 spiro atoms. The smallest absolute Gasteiger partial charge is 0.340 e. The molecule has 126 valence electrons. The van der Waals surface area contributed by atoms with Crippen LogP contribution in [0.5, 0.6) is 5.75 Å². The summed E-state index contributed by atoms with van der Waals surface area (Å²) in [6.07, 6.45) is -1.10. The second kappa shape index (κ2) is 7.92. The molecular weight excluding hydrogens is 381 g/mol. The minimum absolute atomic E-state index is 0.0213. The molecule has 1 N–H and O–H groups in total. The minimum Gasteiger partial charge on any atom is -0.497 e. The fourth-order valence-electron chi connectivity index (χ4n) is 1.86. The molecule has 0 aliphatic carbocycles. The van der Waals surface area contributed by atoms with Crippen LogP contribution in [0.3, 0.4) is 0 Å². The van der Waals surface area contributed by atoms with Crippen molar-refractivity contribution < 1.29 is 23.5 Å². The lowest BCUT2D eigenvalue weighted by Crippen LogP contribution is -2.30. The molecule has 0 heterocycles. The molecule has 24 heavy (non-hydrogen) atoms. The first-order chi connectivity index (χ1) is 11.4. The minimum atomic E-state index is -1.10. The molecule has 2 rings (SSSR count). The maximum absolute atomic E-state index is 13.5. The third kappa shape index (κ3) is 4.32. The molecule has 7 heteroatoms. The van der Waals surface area contributed by atoms with Crippen molar-refractivity contribution in [3.63, 3.8) is 0 Å². The first kappa shape index (κ1) is 17.9. The lowest BCUT2D eigenvalue weighted by Gasteiger charge is -2.14. The molecule has 1 atom stereocenters. The number of esters is 1. The Morgan fingerprint density at radius 1 is 1.21 bits per heavy atom. The van der Waals surface area contributed by atoms with Crippen LogP contribution in [-0.4, -0.2) is 25.1 Å². The summed E-state index contributed by atoms with van der Waals surface area (Å²) in [5.41, 5.74) is 0.243. The maximum atomic E-state index is 13.5. The average molecular weight is 396 g/mol. The van der Waals surface area contributed by atoms with Crippen molar-refractivity contribution in [2.24, 2.45) is 0 Å². The third-order valence-electron chi connectivity index (χ3n) is 3.18. The molecule has 0 saturated heterocycles. The molecule has 2 aromatic carbocycles. The SMILES string of the molecule is COc1ccc(Br)c(C(=O)O[C@H](C)C(=O)Nc2ccccc2F)c1. The molecule has 0 aliphatic heterocycles. The number of halogens is 2. The first-order valence-electron chi connectivity index (χ1n) is 7.02. The number of methoxy groups -OCH3 is 1. The average Bonchev–Trinajstić information content (AvgIpc) is 2.57. The Labute approximate surface area is 146 Å². The van der Waals surface area contributed by atoms with Crippen molar-refractivity contribution >= 4 is 33.5 Å². The van der Waals surface area contributed by atoms with Gasteiger partial charge < -0.3 is 14.8 Å². The summed E-state index contributed by atoms with van der Waals surface area (Å²) in [6.45, 7) is 1.40. The van der Waals surface area contributed by atoms with E-state index in [4.69, 9.17) is 9.47 Å². The highest BCUT2D eigenvalue weighted by molar-refractivity contribution is 9.10. The van der Waals surface area contributed by atoms with Gasteiger partial charge >= 0.3 is 5.97 Å². The number of para-hydroxylation sites is 1. The maximum Gasteiger partial charge on any atom is 0.340 e. The highest BCUT2D eigenvalue weighted by atomic mass is 79.9. The zero-order valence-corrected chi connectivity index (χ0v) is 14.6. The van der Waals surface area contributed by atoms with Crippen LogP contribution in [0.15, 0.2) is 46.9 Å². The molecule has 0 unspecified atom stereocenters.